The fourth-order valence-corrected chi connectivity index (χ4v) is 1.42. The summed E-state index contributed by atoms with van der Waals surface area (Å²) in [4.78, 5) is 4.10. The van der Waals surface area contributed by atoms with Gasteiger partial charge < -0.3 is 5.32 Å². The number of nitriles is 1. The number of nitrogens with one attached hydrogen (secondary N) is 1. The molecule has 0 saturated carbocycles. The molecule has 1 aromatic carbocycles. The van der Waals surface area contributed by atoms with E-state index in [0.717, 1.165) is 5.69 Å². The van der Waals surface area contributed by atoms with Crippen LogP contribution in [0.15, 0.2) is 42.5 Å². The molecule has 4 heteroatoms. The van der Waals surface area contributed by atoms with E-state index >= 15 is 0 Å². The van der Waals surface area contributed by atoms with Crippen LogP contribution in [-0.4, -0.2) is 4.98 Å². The lowest BCUT2D eigenvalue weighted by atomic mass is 10.2. The lowest BCUT2D eigenvalue weighted by molar-refractivity contribution is 1.31. The Balaban J connectivity index is 2.18. The molecule has 0 fully saturated rings. The summed E-state index contributed by atoms with van der Waals surface area (Å²) in [6.07, 6.45) is 0. The fraction of sp³-hybridized carbons (Fsp3) is 0. The Kier molecular flexibility index (Phi) is 3.04. The monoisotopic (exact) mass is 229 g/mol. The van der Waals surface area contributed by atoms with Gasteiger partial charge in [0.15, 0.2) is 0 Å². The van der Waals surface area contributed by atoms with E-state index in [2.05, 4.69) is 16.4 Å². The van der Waals surface area contributed by atoms with Crippen molar-refractivity contribution in [1.29, 1.82) is 5.26 Å². The van der Waals surface area contributed by atoms with Crippen molar-refractivity contribution in [2.75, 3.05) is 5.32 Å². The Morgan fingerprint density at radius 2 is 1.88 bits per heavy atom. The molecule has 16 heavy (non-hydrogen) atoms. The molecule has 0 radical (unpaired) electrons. The molecule has 2 rings (SSSR count). The lowest BCUT2D eigenvalue weighted by Gasteiger charge is -2.05. The first-order valence-electron chi connectivity index (χ1n) is 4.68. The van der Waals surface area contributed by atoms with Crippen LogP contribution in [0.3, 0.4) is 0 Å². The summed E-state index contributed by atoms with van der Waals surface area (Å²) in [7, 11) is 0. The third-order valence-electron chi connectivity index (χ3n) is 2.00. The minimum absolute atomic E-state index is 0.443. The zero-order valence-electron chi connectivity index (χ0n) is 8.31. The Morgan fingerprint density at radius 1 is 1.12 bits per heavy atom. The van der Waals surface area contributed by atoms with Gasteiger partial charge in [0.2, 0.25) is 0 Å². The van der Waals surface area contributed by atoms with Crippen LogP contribution in [0.5, 0.6) is 0 Å². The molecule has 0 bridgehead atoms. The van der Waals surface area contributed by atoms with Gasteiger partial charge in [-0.15, -0.1) is 0 Å². The van der Waals surface area contributed by atoms with Crippen molar-refractivity contribution >= 4 is 23.1 Å². The number of anilines is 2. The molecule has 78 valence electrons. The Morgan fingerprint density at radius 3 is 2.50 bits per heavy atom. The number of benzene rings is 1. The van der Waals surface area contributed by atoms with Gasteiger partial charge in [0.05, 0.1) is 11.6 Å². The average molecular weight is 230 g/mol. The standard InChI is InChI=1S/C12H8ClN3/c13-11-2-1-3-12(16-11)15-10-6-4-9(8-14)5-7-10/h1-7H,(H,15,16). The molecule has 3 nitrogen and oxygen atoms in total. The smallest absolute Gasteiger partial charge is 0.132 e. The second-order valence-electron chi connectivity index (χ2n) is 3.16. The van der Waals surface area contributed by atoms with Crippen molar-refractivity contribution in [1.82, 2.24) is 4.98 Å². The minimum atomic E-state index is 0.443. The van der Waals surface area contributed by atoms with E-state index in [1.165, 1.54) is 0 Å². The van der Waals surface area contributed by atoms with Crippen LogP contribution < -0.4 is 5.32 Å². The highest BCUT2D eigenvalue weighted by Crippen LogP contribution is 2.16. The second kappa shape index (κ2) is 4.65. The zero-order chi connectivity index (χ0) is 11.4. The third-order valence-corrected chi connectivity index (χ3v) is 2.21. The van der Waals surface area contributed by atoms with Gasteiger partial charge in [-0.3, -0.25) is 0 Å². The summed E-state index contributed by atoms with van der Waals surface area (Å²) in [5.74, 6) is 0.678. The van der Waals surface area contributed by atoms with Crippen molar-refractivity contribution in [3.8, 4) is 6.07 Å². The van der Waals surface area contributed by atoms with Gasteiger partial charge in [-0.1, -0.05) is 17.7 Å². The van der Waals surface area contributed by atoms with Crippen molar-refractivity contribution in [2.45, 2.75) is 0 Å². The van der Waals surface area contributed by atoms with Crippen LogP contribution in [0, 0.1) is 11.3 Å². The predicted molar refractivity (Wildman–Crippen MR) is 63.7 cm³/mol. The van der Waals surface area contributed by atoms with Crippen LogP contribution >= 0.6 is 11.6 Å². The van der Waals surface area contributed by atoms with Crippen molar-refractivity contribution in [2.24, 2.45) is 0 Å². The zero-order valence-corrected chi connectivity index (χ0v) is 9.07. The highest BCUT2D eigenvalue weighted by Gasteiger charge is 1.97. The molecule has 0 saturated heterocycles. The minimum Gasteiger partial charge on any atom is -0.340 e. The van der Waals surface area contributed by atoms with Gasteiger partial charge in [0.1, 0.15) is 11.0 Å². The van der Waals surface area contributed by atoms with Crippen LogP contribution in [0.2, 0.25) is 5.15 Å². The predicted octanol–water partition coefficient (Wildman–Crippen LogP) is 3.35. The molecule has 1 aromatic heterocycles. The van der Waals surface area contributed by atoms with Crippen LogP contribution in [-0.2, 0) is 0 Å². The molecule has 0 atom stereocenters. The van der Waals surface area contributed by atoms with Gasteiger partial charge in [0, 0.05) is 5.69 Å². The van der Waals surface area contributed by atoms with Gasteiger partial charge in [-0.05, 0) is 36.4 Å². The van der Waals surface area contributed by atoms with E-state index in [1.54, 1.807) is 18.2 Å². The number of aromatic nitrogens is 1. The molecular formula is C12H8ClN3. The van der Waals surface area contributed by atoms with E-state index in [4.69, 9.17) is 16.9 Å². The SMILES string of the molecule is N#Cc1ccc(Nc2cccc(Cl)n2)cc1. The fourth-order valence-electron chi connectivity index (χ4n) is 1.25. The van der Waals surface area contributed by atoms with Crippen LogP contribution in [0.4, 0.5) is 11.5 Å². The van der Waals surface area contributed by atoms with E-state index < -0.39 is 0 Å². The molecule has 0 aliphatic heterocycles. The summed E-state index contributed by atoms with van der Waals surface area (Å²) in [5.41, 5.74) is 1.50. The first kappa shape index (κ1) is 10.5. The Labute approximate surface area is 98.3 Å². The van der Waals surface area contributed by atoms with E-state index in [1.807, 2.05) is 24.3 Å². The topological polar surface area (TPSA) is 48.7 Å². The lowest BCUT2D eigenvalue weighted by Crippen LogP contribution is -1.92. The summed E-state index contributed by atoms with van der Waals surface area (Å²) >= 11 is 5.76. The van der Waals surface area contributed by atoms with E-state index in [0.29, 0.717) is 16.5 Å². The summed E-state index contributed by atoms with van der Waals surface area (Å²) < 4.78 is 0. The average Bonchev–Trinajstić information content (AvgIpc) is 2.30. The molecule has 0 aliphatic carbocycles. The highest BCUT2D eigenvalue weighted by atomic mass is 35.5. The highest BCUT2D eigenvalue weighted by molar-refractivity contribution is 6.29. The van der Waals surface area contributed by atoms with Gasteiger partial charge in [0.25, 0.3) is 0 Å². The van der Waals surface area contributed by atoms with Gasteiger partial charge in [-0.25, -0.2) is 4.98 Å². The summed E-state index contributed by atoms with van der Waals surface area (Å²) in [5, 5.41) is 12.2. The summed E-state index contributed by atoms with van der Waals surface area (Å²) in [6, 6.07) is 14.5. The van der Waals surface area contributed by atoms with Crippen LogP contribution in [0.25, 0.3) is 0 Å². The third kappa shape index (κ3) is 2.50. The molecule has 1 heterocycles. The van der Waals surface area contributed by atoms with Crippen molar-refractivity contribution < 1.29 is 0 Å². The van der Waals surface area contributed by atoms with Crippen molar-refractivity contribution in [3.05, 3.63) is 53.2 Å². The number of hydrogen-bond donors (Lipinski definition) is 1. The first-order chi connectivity index (χ1) is 7.78. The molecule has 0 aliphatic rings. The van der Waals surface area contributed by atoms with Crippen LogP contribution in [0.1, 0.15) is 5.56 Å². The number of rotatable bonds is 2. The Bertz CT molecular complexity index is 529. The molecule has 1 N–H and O–H groups in total. The van der Waals surface area contributed by atoms with E-state index in [-0.39, 0.29) is 0 Å². The number of halogens is 1. The van der Waals surface area contributed by atoms with Crippen molar-refractivity contribution in [3.63, 3.8) is 0 Å². The maximum absolute atomic E-state index is 8.65. The number of pyridine rings is 1. The molecule has 2 aromatic rings. The van der Waals surface area contributed by atoms with Gasteiger partial charge >= 0.3 is 0 Å². The number of hydrogen-bond acceptors (Lipinski definition) is 3. The maximum Gasteiger partial charge on any atom is 0.132 e. The van der Waals surface area contributed by atoms with E-state index in [9.17, 15) is 0 Å². The largest absolute Gasteiger partial charge is 0.340 e. The Hall–Kier alpha value is -2.05. The number of nitrogens with zero attached hydrogens (tertiary/aromatic N) is 2. The molecular weight excluding hydrogens is 222 g/mol. The molecule has 0 unspecified atom stereocenters. The summed E-state index contributed by atoms with van der Waals surface area (Å²) in [6.45, 7) is 0. The quantitative estimate of drug-likeness (QED) is 0.804. The second-order valence-corrected chi connectivity index (χ2v) is 3.55. The first-order valence-corrected chi connectivity index (χ1v) is 5.05. The molecule has 0 spiro atoms. The maximum atomic E-state index is 8.65. The normalized spacial score (nSPS) is 9.50. The molecule has 0 amide bonds. The van der Waals surface area contributed by atoms with Gasteiger partial charge in [-0.2, -0.15) is 5.26 Å².